The Labute approximate surface area is 783 Å². The number of halogens is 1. The molecule has 0 fully saturated rings. The Kier molecular flexibility index (Phi) is 17.5. The predicted octanol–water partition coefficient (Wildman–Crippen LogP) is 33.0. The van der Waals surface area contributed by atoms with Crippen LogP contribution in [-0.2, 0) is 32.5 Å². The fourth-order valence-corrected chi connectivity index (χ4v) is 26.0. The number of hydrogen-bond donors (Lipinski definition) is 1. The molecule has 0 unspecified atom stereocenters. The van der Waals surface area contributed by atoms with Crippen LogP contribution in [0.1, 0.15) is 139 Å². The first-order valence-corrected chi connectivity index (χ1v) is 47.1. The van der Waals surface area contributed by atoms with Gasteiger partial charge in [0.1, 0.15) is 0 Å². The van der Waals surface area contributed by atoms with Gasteiger partial charge in [0.2, 0.25) is 0 Å². The Morgan fingerprint density at radius 3 is 0.827 bits per heavy atom. The SMILES string of the molecule is CC1(C)c2ccccc2-c2ccc(N(c3ccc(-c4ccccc4)cc3)c3cccc4c3C3(c5ccccc5-c5ccccc53)c3ccccc3C43c4ccccc4-c4ccccc43)cc21.CC1(C)c2ccccc2-c2ccc(Nc3ccc(-c4ccccc4)cc3)cc21.Clc1cccc2c1C1(c3ccccc3-c3ccccc31)c1ccccc1C21c2ccccc2-c2ccccc21. The third kappa shape index (κ3) is 10.8. The van der Waals surface area contributed by atoms with Crippen LogP contribution >= 0.6 is 11.6 Å². The van der Waals surface area contributed by atoms with Gasteiger partial charge in [-0.25, -0.2) is 0 Å². The minimum absolute atomic E-state index is 0.0286. The molecule has 133 heavy (non-hydrogen) atoms. The van der Waals surface area contributed by atoms with Gasteiger partial charge in [-0.05, 0) is 255 Å². The third-order valence-electron chi connectivity index (χ3n) is 31.1. The van der Waals surface area contributed by atoms with E-state index in [-0.39, 0.29) is 10.8 Å². The van der Waals surface area contributed by atoms with Crippen LogP contribution in [0.3, 0.4) is 0 Å². The summed E-state index contributed by atoms with van der Waals surface area (Å²) in [7, 11) is 0. The van der Waals surface area contributed by atoms with E-state index in [0.29, 0.717) is 0 Å². The van der Waals surface area contributed by atoms with Crippen molar-refractivity contribution in [3.05, 3.63) is 589 Å². The number of rotatable bonds is 7. The van der Waals surface area contributed by atoms with Crippen molar-refractivity contribution in [1.82, 2.24) is 0 Å². The molecule has 8 aliphatic rings. The molecule has 4 spiro atoms. The summed E-state index contributed by atoms with van der Waals surface area (Å²) in [6.07, 6.45) is 0. The number of fused-ring (bicyclic) bond motifs is 38. The van der Waals surface area contributed by atoms with Gasteiger partial charge in [0.05, 0.1) is 27.3 Å². The summed E-state index contributed by atoms with van der Waals surface area (Å²) < 4.78 is 0. The maximum absolute atomic E-state index is 7.43. The molecule has 0 saturated heterocycles. The molecule has 0 radical (unpaired) electrons. The van der Waals surface area contributed by atoms with E-state index >= 15 is 0 Å². The summed E-state index contributed by atoms with van der Waals surface area (Å²) in [5.41, 5.74) is 50.5. The molecular formula is C130H91ClN2. The van der Waals surface area contributed by atoms with E-state index in [0.717, 1.165) is 27.8 Å². The van der Waals surface area contributed by atoms with Gasteiger partial charge in [-0.2, -0.15) is 0 Å². The van der Waals surface area contributed by atoms with Gasteiger partial charge >= 0.3 is 0 Å². The van der Waals surface area contributed by atoms with Gasteiger partial charge in [-0.3, -0.25) is 0 Å². The minimum Gasteiger partial charge on any atom is -0.356 e. The second-order valence-corrected chi connectivity index (χ2v) is 38.4. The lowest BCUT2D eigenvalue weighted by Crippen LogP contribution is -2.44. The second kappa shape index (κ2) is 29.7. The fourth-order valence-electron chi connectivity index (χ4n) is 25.7. The Hall–Kier alpha value is -15.7. The summed E-state index contributed by atoms with van der Waals surface area (Å²) in [6.45, 7) is 9.41. The molecule has 0 bridgehead atoms. The van der Waals surface area contributed by atoms with Gasteiger partial charge in [0.25, 0.3) is 0 Å². The highest BCUT2D eigenvalue weighted by Gasteiger charge is 2.62. The van der Waals surface area contributed by atoms with Crippen molar-refractivity contribution in [3.63, 3.8) is 0 Å². The van der Waals surface area contributed by atoms with Crippen molar-refractivity contribution in [2.75, 3.05) is 10.2 Å². The molecule has 0 aliphatic heterocycles. The molecule has 20 aromatic rings. The van der Waals surface area contributed by atoms with E-state index in [2.05, 4.69) is 505 Å². The molecule has 0 amide bonds. The van der Waals surface area contributed by atoms with Crippen LogP contribution in [0.15, 0.2) is 473 Å². The number of benzene rings is 20. The van der Waals surface area contributed by atoms with Crippen LogP contribution in [0.5, 0.6) is 0 Å². The zero-order chi connectivity index (χ0) is 88.7. The van der Waals surface area contributed by atoms with Crippen molar-refractivity contribution in [3.8, 4) is 89.0 Å². The van der Waals surface area contributed by atoms with Crippen LogP contribution in [0.2, 0.25) is 5.02 Å². The average Bonchev–Trinajstić information content (AvgIpc) is 1.51. The predicted molar refractivity (Wildman–Crippen MR) is 551 cm³/mol. The summed E-state index contributed by atoms with van der Waals surface area (Å²) in [5.74, 6) is 0. The first-order chi connectivity index (χ1) is 65.4. The molecule has 0 aromatic heterocycles. The molecule has 0 heterocycles. The molecule has 628 valence electrons. The lowest BCUT2D eigenvalue weighted by molar-refractivity contribution is 0.633. The average molecular weight is 1720 g/mol. The van der Waals surface area contributed by atoms with E-state index < -0.39 is 21.7 Å². The summed E-state index contributed by atoms with van der Waals surface area (Å²) in [5, 5.41) is 4.39. The van der Waals surface area contributed by atoms with Crippen molar-refractivity contribution in [2.45, 2.75) is 60.2 Å². The number of hydrogen-bond acceptors (Lipinski definition) is 2. The first kappa shape index (κ1) is 78.3. The molecule has 1 N–H and O–H groups in total. The zero-order valence-corrected chi connectivity index (χ0v) is 75.1. The molecular weight excluding hydrogens is 1620 g/mol. The van der Waals surface area contributed by atoms with E-state index in [9.17, 15) is 0 Å². The van der Waals surface area contributed by atoms with Crippen LogP contribution in [0.25, 0.3) is 89.0 Å². The number of anilines is 5. The quantitative estimate of drug-likeness (QED) is 0.171. The van der Waals surface area contributed by atoms with E-state index in [1.165, 1.54) is 206 Å². The standard InChI is InChI=1S/C65H45N.C38H23Cl.C27H23N/c1-63(2)52-26-11-6-21-46(52)51-40-39-45(41-60(51)63)66(44-37-35-43(36-38-44)42-19-4-3-5-20-42)61-34-18-33-59-62(61)65(55-29-14-9-24-49(55)50-25-10-15-30-56(50)65)58-32-17-16-31-57(58)64(59)53-27-12-7-22-47(53)48-23-8-13-28-54(48)64;39-35-23-11-22-34-36(35)38(30-18-7-3-14-26(30)27-15-4-8-19-31(27)38)33-21-10-9-20-32(33)37(34)28-16-5-1-12-24(28)25-13-2-6-17-29(25)37;1-27(2)25-11-7-6-10-23(25)24-17-16-22(18-26(24)27)28-21-14-12-20(13-15-21)19-8-4-3-5-9-19/h3-41H,1-2H3;1-23H;3-18,28H,1-2H3. The van der Waals surface area contributed by atoms with Crippen LogP contribution < -0.4 is 10.2 Å². The highest BCUT2D eigenvalue weighted by molar-refractivity contribution is 6.32. The van der Waals surface area contributed by atoms with Crippen molar-refractivity contribution in [1.29, 1.82) is 0 Å². The Balaban J connectivity index is 0.000000116. The molecule has 20 aromatic carbocycles. The number of nitrogens with zero attached hydrogens (tertiary/aromatic N) is 1. The van der Waals surface area contributed by atoms with Gasteiger partial charge in [0.15, 0.2) is 0 Å². The molecule has 28 rings (SSSR count). The maximum atomic E-state index is 7.43. The molecule has 0 atom stereocenters. The molecule has 3 heteroatoms. The van der Waals surface area contributed by atoms with Crippen molar-refractivity contribution in [2.24, 2.45) is 0 Å². The van der Waals surface area contributed by atoms with Crippen LogP contribution in [0, 0.1) is 0 Å². The maximum Gasteiger partial charge on any atom is 0.0740 e. The Morgan fingerprint density at radius 2 is 0.436 bits per heavy atom. The largest absolute Gasteiger partial charge is 0.356 e. The molecule has 2 nitrogen and oxygen atoms in total. The Bertz CT molecular complexity index is 8010. The zero-order valence-electron chi connectivity index (χ0n) is 74.4. The van der Waals surface area contributed by atoms with Crippen LogP contribution in [0.4, 0.5) is 28.4 Å². The van der Waals surface area contributed by atoms with Crippen LogP contribution in [-0.4, -0.2) is 0 Å². The monoisotopic (exact) mass is 1710 g/mol. The minimum atomic E-state index is -0.651. The van der Waals surface area contributed by atoms with E-state index in [4.69, 9.17) is 11.6 Å². The highest BCUT2D eigenvalue weighted by Crippen LogP contribution is 2.72. The molecule has 0 saturated carbocycles. The topological polar surface area (TPSA) is 15.3 Å². The van der Waals surface area contributed by atoms with Gasteiger partial charge in [-0.15, -0.1) is 0 Å². The normalized spacial score (nSPS) is 15.0. The fraction of sp³-hybridized carbons (Fsp3) is 0.0769. The summed E-state index contributed by atoms with van der Waals surface area (Å²) >= 11 is 7.43. The van der Waals surface area contributed by atoms with Gasteiger partial charge in [0, 0.05) is 44.2 Å². The molecule has 8 aliphatic carbocycles. The first-order valence-electron chi connectivity index (χ1n) is 46.7. The lowest BCUT2D eigenvalue weighted by Gasteiger charge is -2.50. The van der Waals surface area contributed by atoms with E-state index in [1.807, 2.05) is 6.07 Å². The summed E-state index contributed by atoms with van der Waals surface area (Å²) in [4.78, 5) is 2.59. The second-order valence-electron chi connectivity index (χ2n) is 38.0. The van der Waals surface area contributed by atoms with E-state index in [1.54, 1.807) is 0 Å². The van der Waals surface area contributed by atoms with Crippen molar-refractivity contribution >= 4 is 40.0 Å². The van der Waals surface area contributed by atoms with Gasteiger partial charge in [-0.1, -0.05) is 452 Å². The van der Waals surface area contributed by atoms with Crippen molar-refractivity contribution < 1.29 is 0 Å². The Morgan fingerprint density at radius 1 is 0.180 bits per heavy atom. The number of nitrogens with one attached hydrogen (secondary N) is 1. The summed E-state index contributed by atoms with van der Waals surface area (Å²) in [6, 6.07) is 176. The smallest absolute Gasteiger partial charge is 0.0740 e. The lowest BCUT2D eigenvalue weighted by atomic mass is 9.52. The van der Waals surface area contributed by atoms with Gasteiger partial charge < -0.3 is 10.2 Å². The third-order valence-corrected chi connectivity index (χ3v) is 31.4. The highest BCUT2D eigenvalue weighted by atomic mass is 35.5.